The molecular formula is C30H34BrN3O5S. The highest BCUT2D eigenvalue weighted by molar-refractivity contribution is 9.10. The molecule has 1 fully saturated rings. The number of hydrogen-bond acceptors (Lipinski definition) is 5. The summed E-state index contributed by atoms with van der Waals surface area (Å²) in [5.74, 6) is -0.192. The summed E-state index contributed by atoms with van der Waals surface area (Å²) < 4.78 is 34.8. The van der Waals surface area contributed by atoms with Gasteiger partial charge < -0.3 is 15.0 Å². The Morgan fingerprint density at radius 1 is 1.00 bits per heavy atom. The smallest absolute Gasteiger partial charge is 0.264 e. The molecule has 0 spiro atoms. The van der Waals surface area contributed by atoms with E-state index in [2.05, 4.69) is 21.2 Å². The van der Waals surface area contributed by atoms with Crippen LogP contribution >= 0.6 is 15.9 Å². The molecule has 0 unspecified atom stereocenters. The van der Waals surface area contributed by atoms with Crippen LogP contribution in [0.3, 0.4) is 0 Å². The lowest BCUT2D eigenvalue weighted by atomic mass is 10.1. The third-order valence-corrected chi connectivity index (χ3v) is 9.36. The minimum absolute atomic E-state index is 0.0594. The van der Waals surface area contributed by atoms with Gasteiger partial charge in [-0.15, -0.1) is 0 Å². The number of ether oxygens (including phenoxy) is 1. The molecule has 0 aliphatic heterocycles. The van der Waals surface area contributed by atoms with E-state index in [-0.39, 0.29) is 23.4 Å². The van der Waals surface area contributed by atoms with Crippen molar-refractivity contribution >= 4 is 43.5 Å². The van der Waals surface area contributed by atoms with Crippen LogP contribution in [0.5, 0.6) is 5.75 Å². The minimum Gasteiger partial charge on any atom is -0.497 e. The molecule has 0 bridgehead atoms. The molecule has 0 heterocycles. The van der Waals surface area contributed by atoms with Gasteiger partial charge in [0.25, 0.3) is 10.0 Å². The Morgan fingerprint density at radius 2 is 1.68 bits per heavy atom. The fraction of sp³-hybridized carbons (Fsp3) is 0.333. The molecule has 1 aliphatic carbocycles. The van der Waals surface area contributed by atoms with E-state index in [1.807, 2.05) is 24.3 Å². The molecule has 3 aromatic rings. The van der Waals surface area contributed by atoms with Gasteiger partial charge in [0.05, 0.1) is 17.7 Å². The van der Waals surface area contributed by atoms with Crippen molar-refractivity contribution in [1.82, 2.24) is 10.2 Å². The molecule has 1 N–H and O–H groups in total. The number of halogens is 1. The van der Waals surface area contributed by atoms with E-state index >= 15 is 0 Å². The first-order valence-electron chi connectivity index (χ1n) is 13.2. The molecule has 4 rings (SSSR count). The summed E-state index contributed by atoms with van der Waals surface area (Å²) in [6.45, 7) is 1.33. The Bertz CT molecular complexity index is 1410. The van der Waals surface area contributed by atoms with Crippen molar-refractivity contribution in [3.8, 4) is 5.75 Å². The second-order valence-corrected chi connectivity index (χ2v) is 12.6. The Hall–Kier alpha value is -3.37. The maximum atomic E-state index is 14.0. The van der Waals surface area contributed by atoms with Gasteiger partial charge in [-0.1, -0.05) is 59.1 Å². The molecule has 1 saturated carbocycles. The Morgan fingerprint density at radius 3 is 2.30 bits per heavy atom. The number of amides is 2. The zero-order valence-electron chi connectivity index (χ0n) is 22.6. The summed E-state index contributed by atoms with van der Waals surface area (Å²) in [7, 11) is -2.59. The Balaban J connectivity index is 1.68. The average molecular weight is 629 g/mol. The molecule has 212 valence electrons. The van der Waals surface area contributed by atoms with Crippen molar-refractivity contribution in [2.45, 2.75) is 56.1 Å². The number of sulfonamides is 1. The van der Waals surface area contributed by atoms with E-state index in [1.54, 1.807) is 49.4 Å². The average Bonchev–Trinajstić information content (AvgIpc) is 3.47. The number of nitrogens with one attached hydrogen (secondary N) is 1. The van der Waals surface area contributed by atoms with Crippen LogP contribution in [0.25, 0.3) is 0 Å². The number of nitrogens with zero attached hydrogens (tertiary/aromatic N) is 2. The quantitative estimate of drug-likeness (QED) is 0.318. The number of anilines is 1. The zero-order chi connectivity index (χ0) is 28.7. The van der Waals surface area contributed by atoms with Gasteiger partial charge in [0, 0.05) is 17.1 Å². The molecule has 1 atom stereocenters. The largest absolute Gasteiger partial charge is 0.497 e. The topological polar surface area (TPSA) is 96.0 Å². The first-order chi connectivity index (χ1) is 19.2. The van der Waals surface area contributed by atoms with Crippen LogP contribution in [0.2, 0.25) is 0 Å². The second kappa shape index (κ2) is 13.3. The molecule has 2 amide bonds. The van der Waals surface area contributed by atoms with Crippen LogP contribution in [-0.2, 0) is 26.2 Å². The van der Waals surface area contributed by atoms with Gasteiger partial charge in [-0.3, -0.25) is 13.9 Å². The Labute approximate surface area is 244 Å². The number of hydrogen-bond donors (Lipinski definition) is 1. The van der Waals surface area contributed by atoms with Gasteiger partial charge >= 0.3 is 0 Å². The van der Waals surface area contributed by atoms with E-state index in [1.165, 1.54) is 24.1 Å². The standard InChI is InChI=1S/C30H34BrN3O5S/c1-22(30(36)32-25-11-6-7-12-25)33(20-23-9-8-10-24(31)19-23)29(35)21-34(26-15-17-27(39-2)18-16-26)40(37,38)28-13-4-3-5-14-28/h3-5,8-10,13-19,22,25H,6-7,11-12,20-21H2,1-2H3,(H,32,36)/t22-/m1/s1. The van der Waals surface area contributed by atoms with E-state index in [0.29, 0.717) is 11.4 Å². The molecule has 40 heavy (non-hydrogen) atoms. The number of benzene rings is 3. The van der Waals surface area contributed by atoms with Crippen molar-refractivity contribution in [3.63, 3.8) is 0 Å². The third-order valence-electron chi connectivity index (χ3n) is 7.08. The monoisotopic (exact) mass is 627 g/mol. The van der Waals surface area contributed by atoms with Crippen LogP contribution in [0.1, 0.15) is 38.2 Å². The normalized spacial score (nSPS) is 14.4. The van der Waals surface area contributed by atoms with Crippen molar-refractivity contribution in [2.24, 2.45) is 0 Å². The summed E-state index contributed by atoms with van der Waals surface area (Å²) >= 11 is 3.47. The van der Waals surface area contributed by atoms with Crippen LogP contribution in [0, 0.1) is 0 Å². The highest BCUT2D eigenvalue weighted by Crippen LogP contribution is 2.27. The molecule has 0 aromatic heterocycles. The predicted octanol–water partition coefficient (Wildman–Crippen LogP) is 5.13. The van der Waals surface area contributed by atoms with E-state index in [9.17, 15) is 18.0 Å². The van der Waals surface area contributed by atoms with Gasteiger partial charge in [-0.05, 0) is 73.9 Å². The van der Waals surface area contributed by atoms with Crippen LogP contribution in [0.4, 0.5) is 5.69 Å². The summed E-state index contributed by atoms with van der Waals surface area (Å²) in [5, 5.41) is 3.08. The molecule has 1 aliphatic rings. The van der Waals surface area contributed by atoms with E-state index in [0.717, 1.165) is 40.0 Å². The van der Waals surface area contributed by atoms with Crippen LogP contribution in [0.15, 0.2) is 88.2 Å². The molecule has 0 saturated heterocycles. The van der Waals surface area contributed by atoms with Crippen LogP contribution < -0.4 is 14.4 Å². The maximum Gasteiger partial charge on any atom is 0.264 e. The second-order valence-electron chi connectivity index (χ2n) is 9.84. The number of carbonyl (C=O) groups is 2. The number of carbonyl (C=O) groups excluding carboxylic acids is 2. The number of methoxy groups -OCH3 is 1. The van der Waals surface area contributed by atoms with Crippen molar-refractivity contribution in [1.29, 1.82) is 0 Å². The minimum atomic E-state index is -4.11. The molecule has 3 aromatic carbocycles. The lowest BCUT2D eigenvalue weighted by Gasteiger charge is -2.32. The van der Waals surface area contributed by atoms with Gasteiger partial charge in [0.15, 0.2) is 0 Å². The highest BCUT2D eigenvalue weighted by Gasteiger charge is 2.33. The summed E-state index contributed by atoms with van der Waals surface area (Å²) in [6.07, 6.45) is 3.96. The molecule has 10 heteroatoms. The number of rotatable bonds is 11. The van der Waals surface area contributed by atoms with Crippen molar-refractivity contribution in [3.05, 3.63) is 88.9 Å². The van der Waals surface area contributed by atoms with Crippen molar-refractivity contribution < 1.29 is 22.7 Å². The van der Waals surface area contributed by atoms with Gasteiger partial charge in [0.1, 0.15) is 18.3 Å². The van der Waals surface area contributed by atoms with Gasteiger partial charge in [-0.2, -0.15) is 0 Å². The first kappa shape index (κ1) is 29.6. The SMILES string of the molecule is COc1ccc(N(CC(=O)N(Cc2cccc(Br)c2)[C@H](C)C(=O)NC2CCCC2)S(=O)(=O)c2ccccc2)cc1. The molecular weight excluding hydrogens is 594 g/mol. The summed E-state index contributed by atoms with van der Waals surface area (Å²) in [6, 6.07) is 21.2. The lowest BCUT2D eigenvalue weighted by molar-refractivity contribution is -0.139. The highest BCUT2D eigenvalue weighted by atomic mass is 79.9. The fourth-order valence-electron chi connectivity index (χ4n) is 4.80. The van der Waals surface area contributed by atoms with Gasteiger partial charge in [-0.25, -0.2) is 8.42 Å². The predicted molar refractivity (Wildman–Crippen MR) is 159 cm³/mol. The zero-order valence-corrected chi connectivity index (χ0v) is 25.0. The lowest BCUT2D eigenvalue weighted by Crippen LogP contribution is -2.52. The van der Waals surface area contributed by atoms with Crippen molar-refractivity contribution in [2.75, 3.05) is 18.0 Å². The first-order valence-corrected chi connectivity index (χ1v) is 15.5. The Kier molecular flexibility index (Phi) is 9.86. The molecule has 8 nitrogen and oxygen atoms in total. The summed E-state index contributed by atoms with van der Waals surface area (Å²) in [4.78, 5) is 28.8. The van der Waals surface area contributed by atoms with Gasteiger partial charge in [0.2, 0.25) is 11.8 Å². The van der Waals surface area contributed by atoms with Crippen LogP contribution in [-0.4, -0.2) is 50.9 Å². The summed E-state index contributed by atoms with van der Waals surface area (Å²) in [5.41, 5.74) is 1.12. The maximum absolute atomic E-state index is 14.0. The van der Waals surface area contributed by atoms with E-state index in [4.69, 9.17) is 4.74 Å². The van der Waals surface area contributed by atoms with E-state index < -0.39 is 28.5 Å². The molecule has 0 radical (unpaired) electrons. The third kappa shape index (κ3) is 7.22. The fourth-order valence-corrected chi connectivity index (χ4v) is 6.69.